The van der Waals surface area contributed by atoms with Gasteiger partial charge in [-0.1, -0.05) is 32.4 Å². The van der Waals surface area contributed by atoms with Crippen molar-refractivity contribution in [1.29, 1.82) is 0 Å². The first-order valence-corrected chi connectivity index (χ1v) is 10.7. The van der Waals surface area contributed by atoms with E-state index in [0.29, 0.717) is 6.42 Å². The Kier molecular flexibility index (Phi) is 4.16. The van der Waals surface area contributed by atoms with E-state index >= 15 is 0 Å². The third-order valence-corrected chi connectivity index (χ3v) is 10.3. The Balaban J connectivity index is 1.85. The molecule has 0 unspecified atom stereocenters. The fraction of sp³-hybridized carbons (Fsp3) is 0.727. The minimum Gasteiger partial charge on any atom is -0.381 e. The van der Waals surface area contributed by atoms with E-state index < -0.39 is 26.7 Å². The van der Waals surface area contributed by atoms with Crippen molar-refractivity contribution in [1.82, 2.24) is 0 Å². The lowest BCUT2D eigenvalue weighted by molar-refractivity contribution is -0.162. The maximum atomic E-state index is 12.5. The van der Waals surface area contributed by atoms with Crippen molar-refractivity contribution < 1.29 is 14.7 Å². The molecule has 0 radical (unpaired) electrons. The van der Waals surface area contributed by atoms with Crippen LogP contribution < -0.4 is 0 Å². The van der Waals surface area contributed by atoms with E-state index in [-0.39, 0.29) is 29.3 Å². The molecule has 0 bridgehead atoms. The summed E-state index contributed by atoms with van der Waals surface area (Å²) in [6.07, 6.45) is 8.16. The molecule has 27 heavy (non-hydrogen) atoms. The van der Waals surface area contributed by atoms with Gasteiger partial charge in [-0.3, -0.25) is 9.59 Å². The standard InChI is InChI=1S/C22H28Cl2O3/c1-12-9-17-16-6-5-14-10-15(26)7-8-19(14,3)21(16,24)18(23)11-20(17,4)22(12,27)13(2)25/h7-8,10,12,16-18,27H,5-6,9,11H2,1-4H3/t12-,16+,17+,18+,19+,20+,21+,22+/m1/s1. The maximum Gasteiger partial charge on any atom is 0.178 e. The SMILES string of the molecule is CC(=O)[C@@]1(O)[C@H](C)C[C@H]2[C@@H]3CCC4=CC(=O)C=C[C@]4(C)[C@@]3(Cl)[C@@H](Cl)C[C@@]21C. The molecule has 0 saturated heterocycles. The minimum atomic E-state index is -1.36. The average Bonchev–Trinajstić information content (AvgIpc) is 2.79. The molecule has 5 heteroatoms. The zero-order valence-corrected chi connectivity index (χ0v) is 17.9. The van der Waals surface area contributed by atoms with Crippen LogP contribution >= 0.6 is 23.2 Å². The van der Waals surface area contributed by atoms with Gasteiger partial charge in [0, 0.05) is 10.8 Å². The van der Waals surface area contributed by atoms with Crippen molar-refractivity contribution in [2.45, 2.75) is 69.2 Å². The number of fused-ring (bicyclic) bond motifs is 5. The fourth-order valence-corrected chi connectivity index (χ4v) is 8.46. The first kappa shape index (κ1) is 19.7. The molecule has 4 aliphatic rings. The van der Waals surface area contributed by atoms with Crippen LogP contribution in [0, 0.1) is 28.6 Å². The van der Waals surface area contributed by atoms with E-state index in [1.165, 1.54) is 6.92 Å². The summed E-state index contributed by atoms with van der Waals surface area (Å²) >= 11 is 14.4. The van der Waals surface area contributed by atoms with Crippen LogP contribution in [-0.2, 0) is 9.59 Å². The summed E-state index contributed by atoms with van der Waals surface area (Å²) in [5.74, 6) is -0.0826. The van der Waals surface area contributed by atoms with Crippen LogP contribution in [-0.4, -0.2) is 32.5 Å². The predicted octanol–water partition coefficient (Wildman–Crippen LogP) is 4.44. The van der Waals surface area contributed by atoms with Gasteiger partial charge in [0.15, 0.2) is 11.6 Å². The molecule has 0 amide bonds. The van der Waals surface area contributed by atoms with Gasteiger partial charge in [0.1, 0.15) is 5.60 Å². The number of aliphatic hydroxyl groups is 1. The van der Waals surface area contributed by atoms with Gasteiger partial charge in [0.2, 0.25) is 0 Å². The molecule has 0 aromatic heterocycles. The van der Waals surface area contributed by atoms with Crippen molar-refractivity contribution >= 4 is 34.8 Å². The number of Topliss-reactive ketones (excluding diaryl/α,β-unsaturated/α-hetero) is 1. The number of ketones is 2. The van der Waals surface area contributed by atoms with Gasteiger partial charge in [-0.15, -0.1) is 23.2 Å². The fourth-order valence-electron chi connectivity index (χ4n) is 7.23. The van der Waals surface area contributed by atoms with Gasteiger partial charge in [-0.05, 0) is 62.5 Å². The van der Waals surface area contributed by atoms with E-state index in [0.717, 1.165) is 24.8 Å². The minimum absolute atomic E-state index is 0.00778. The average molecular weight is 411 g/mol. The molecule has 0 heterocycles. The van der Waals surface area contributed by atoms with Gasteiger partial charge in [0.25, 0.3) is 0 Å². The Morgan fingerprint density at radius 3 is 2.59 bits per heavy atom. The van der Waals surface area contributed by atoms with Crippen molar-refractivity contribution in [3.05, 3.63) is 23.8 Å². The van der Waals surface area contributed by atoms with E-state index in [2.05, 4.69) is 6.92 Å². The molecule has 8 atom stereocenters. The van der Waals surface area contributed by atoms with Crippen LogP contribution in [0.4, 0.5) is 0 Å². The highest BCUT2D eigenvalue weighted by molar-refractivity contribution is 6.34. The van der Waals surface area contributed by atoms with Crippen LogP contribution in [0.25, 0.3) is 0 Å². The predicted molar refractivity (Wildman–Crippen MR) is 107 cm³/mol. The number of rotatable bonds is 1. The maximum absolute atomic E-state index is 12.5. The van der Waals surface area contributed by atoms with Gasteiger partial charge in [-0.2, -0.15) is 0 Å². The first-order chi connectivity index (χ1) is 12.4. The van der Waals surface area contributed by atoms with Crippen molar-refractivity contribution in [3.63, 3.8) is 0 Å². The van der Waals surface area contributed by atoms with Crippen LogP contribution in [0.1, 0.15) is 53.4 Å². The summed E-state index contributed by atoms with van der Waals surface area (Å²) in [6, 6.07) is 0. The second kappa shape index (κ2) is 5.70. The number of alkyl halides is 2. The molecule has 3 fully saturated rings. The molecule has 0 aliphatic heterocycles. The Labute approximate surface area is 171 Å². The summed E-state index contributed by atoms with van der Waals surface area (Å²) in [5.41, 5.74) is -1.37. The van der Waals surface area contributed by atoms with Gasteiger partial charge >= 0.3 is 0 Å². The van der Waals surface area contributed by atoms with E-state index in [1.807, 2.05) is 19.9 Å². The summed E-state index contributed by atoms with van der Waals surface area (Å²) in [4.78, 5) is 23.7. The number of halogens is 2. The van der Waals surface area contributed by atoms with Crippen LogP contribution in [0.2, 0.25) is 0 Å². The topological polar surface area (TPSA) is 54.4 Å². The number of hydrogen-bond acceptors (Lipinski definition) is 3. The number of allylic oxidation sites excluding steroid dienone is 4. The summed E-state index contributed by atoms with van der Waals surface area (Å²) in [7, 11) is 0. The zero-order valence-electron chi connectivity index (χ0n) is 16.4. The van der Waals surface area contributed by atoms with Crippen molar-refractivity contribution in [2.24, 2.45) is 28.6 Å². The molecule has 148 valence electrons. The molecular weight excluding hydrogens is 383 g/mol. The molecular formula is C22H28Cl2O3. The summed E-state index contributed by atoms with van der Waals surface area (Å²) < 4.78 is 0. The quantitative estimate of drug-likeness (QED) is 0.649. The van der Waals surface area contributed by atoms with Crippen molar-refractivity contribution in [2.75, 3.05) is 0 Å². The van der Waals surface area contributed by atoms with Crippen LogP contribution in [0.5, 0.6) is 0 Å². The highest BCUT2D eigenvalue weighted by Gasteiger charge is 2.74. The molecule has 4 aliphatic carbocycles. The smallest absolute Gasteiger partial charge is 0.178 e. The van der Waals surface area contributed by atoms with Gasteiger partial charge in [0.05, 0.1) is 10.3 Å². The van der Waals surface area contributed by atoms with Crippen molar-refractivity contribution in [3.8, 4) is 0 Å². The summed E-state index contributed by atoms with van der Waals surface area (Å²) in [6.45, 7) is 7.59. The Bertz CT molecular complexity index is 788. The van der Waals surface area contributed by atoms with Crippen LogP contribution in [0.15, 0.2) is 23.8 Å². The highest BCUT2D eigenvalue weighted by Crippen LogP contribution is 2.72. The van der Waals surface area contributed by atoms with E-state index in [9.17, 15) is 14.7 Å². The Morgan fingerprint density at radius 1 is 1.30 bits per heavy atom. The van der Waals surface area contributed by atoms with E-state index in [4.69, 9.17) is 23.2 Å². The molecule has 3 saturated carbocycles. The molecule has 1 N–H and O–H groups in total. The monoisotopic (exact) mass is 410 g/mol. The Morgan fingerprint density at radius 2 is 1.96 bits per heavy atom. The molecule has 4 rings (SSSR count). The molecule has 0 spiro atoms. The van der Waals surface area contributed by atoms with Gasteiger partial charge < -0.3 is 5.11 Å². The first-order valence-electron chi connectivity index (χ1n) is 9.93. The van der Waals surface area contributed by atoms with Crippen LogP contribution in [0.3, 0.4) is 0 Å². The third-order valence-electron chi connectivity index (χ3n) is 8.72. The second-order valence-corrected chi connectivity index (χ2v) is 10.8. The number of carbonyl (C=O) groups is 2. The number of carbonyl (C=O) groups excluding carboxylic acids is 2. The highest BCUT2D eigenvalue weighted by atomic mass is 35.5. The zero-order chi connectivity index (χ0) is 20.0. The molecule has 0 aromatic rings. The summed E-state index contributed by atoms with van der Waals surface area (Å²) in [5, 5.41) is 11.1. The third kappa shape index (κ3) is 2.09. The normalized spacial score (nSPS) is 54.0. The lowest BCUT2D eigenvalue weighted by atomic mass is 9.46. The number of hydrogen-bond donors (Lipinski definition) is 1. The molecule has 3 nitrogen and oxygen atoms in total. The second-order valence-electron chi connectivity index (χ2n) is 9.68. The largest absolute Gasteiger partial charge is 0.381 e. The lowest BCUT2D eigenvalue weighted by Gasteiger charge is -2.63. The Hall–Kier alpha value is -0.640. The molecule has 0 aromatic carbocycles. The van der Waals surface area contributed by atoms with E-state index in [1.54, 1.807) is 12.2 Å². The lowest BCUT2D eigenvalue weighted by Crippen LogP contribution is -2.67. The van der Waals surface area contributed by atoms with Gasteiger partial charge in [-0.25, -0.2) is 0 Å².